The lowest BCUT2D eigenvalue weighted by Gasteiger charge is -2.23. The molecular weight excluding hydrogens is 320 g/mol. The van der Waals surface area contributed by atoms with Crippen molar-refractivity contribution in [2.24, 2.45) is 0 Å². The van der Waals surface area contributed by atoms with Gasteiger partial charge in [-0.3, -0.25) is 0 Å². The summed E-state index contributed by atoms with van der Waals surface area (Å²) in [5.74, 6) is 0.789. The Kier molecular flexibility index (Phi) is 7.25. The van der Waals surface area contributed by atoms with Crippen LogP contribution >= 0.6 is 0 Å². The van der Waals surface area contributed by atoms with Crippen LogP contribution in [0.5, 0.6) is 5.75 Å². The Hall–Kier alpha value is -2.57. The summed E-state index contributed by atoms with van der Waals surface area (Å²) in [5.41, 5.74) is 2.02. The van der Waals surface area contributed by atoms with Crippen LogP contribution in [0.4, 0.5) is 4.79 Å². The number of benzene rings is 2. The second-order valence-electron chi connectivity index (χ2n) is 5.79. The molecule has 2 rings (SSSR count). The normalized spacial score (nSPS) is 13.0. The summed E-state index contributed by atoms with van der Waals surface area (Å²) in [6.45, 7) is 0.857. The molecule has 0 radical (unpaired) electrons. The molecule has 6 heteroatoms. The Morgan fingerprint density at radius 2 is 1.76 bits per heavy atom. The number of carbonyl (C=O) groups is 1. The largest absolute Gasteiger partial charge is 0.497 e. The van der Waals surface area contributed by atoms with Gasteiger partial charge in [0.1, 0.15) is 5.75 Å². The summed E-state index contributed by atoms with van der Waals surface area (Å²) in [7, 11) is 1.62. The molecular formula is C19H24N2O4. The van der Waals surface area contributed by atoms with E-state index in [2.05, 4.69) is 10.6 Å². The van der Waals surface area contributed by atoms with Crippen molar-refractivity contribution in [2.45, 2.75) is 25.1 Å². The van der Waals surface area contributed by atoms with E-state index in [4.69, 9.17) is 9.84 Å². The van der Waals surface area contributed by atoms with Gasteiger partial charge in [-0.15, -0.1) is 0 Å². The van der Waals surface area contributed by atoms with Crippen LogP contribution < -0.4 is 15.4 Å². The Morgan fingerprint density at radius 1 is 1.08 bits per heavy atom. The molecule has 4 N–H and O–H groups in total. The molecule has 1 amide bonds. The Labute approximate surface area is 147 Å². The van der Waals surface area contributed by atoms with Crippen LogP contribution in [0.3, 0.4) is 0 Å². The number of amides is 1. The lowest BCUT2D eigenvalue weighted by atomic mass is 10.0. The van der Waals surface area contributed by atoms with Gasteiger partial charge in [0.2, 0.25) is 0 Å². The third kappa shape index (κ3) is 6.45. The van der Waals surface area contributed by atoms with Gasteiger partial charge < -0.3 is 25.6 Å². The van der Waals surface area contributed by atoms with Crippen molar-refractivity contribution in [2.75, 3.05) is 13.7 Å². The van der Waals surface area contributed by atoms with Crippen LogP contribution in [0.1, 0.15) is 11.1 Å². The molecule has 2 atom stereocenters. The van der Waals surface area contributed by atoms with Crippen molar-refractivity contribution in [1.29, 1.82) is 0 Å². The first-order valence-electron chi connectivity index (χ1n) is 8.13. The van der Waals surface area contributed by atoms with Crippen LogP contribution in [0, 0.1) is 0 Å². The second kappa shape index (κ2) is 9.66. The molecule has 0 bridgehead atoms. The maximum Gasteiger partial charge on any atom is 0.404 e. The predicted molar refractivity (Wildman–Crippen MR) is 95.8 cm³/mol. The van der Waals surface area contributed by atoms with E-state index in [1.54, 1.807) is 7.11 Å². The molecule has 0 aromatic heterocycles. The minimum Gasteiger partial charge on any atom is -0.497 e. The first kappa shape index (κ1) is 18.8. The molecule has 0 saturated heterocycles. The summed E-state index contributed by atoms with van der Waals surface area (Å²) >= 11 is 0. The zero-order valence-corrected chi connectivity index (χ0v) is 14.2. The van der Waals surface area contributed by atoms with Gasteiger partial charge in [-0.1, -0.05) is 42.5 Å². The van der Waals surface area contributed by atoms with Gasteiger partial charge in [0.05, 0.1) is 19.3 Å². The quantitative estimate of drug-likeness (QED) is 0.559. The summed E-state index contributed by atoms with van der Waals surface area (Å²) in [6, 6.07) is 16.5. The Bertz CT molecular complexity index is 646. The zero-order valence-electron chi connectivity index (χ0n) is 14.2. The number of hydrogen-bond acceptors (Lipinski definition) is 4. The van der Waals surface area contributed by atoms with E-state index in [0.717, 1.165) is 16.9 Å². The molecule has 25 heavy (non-hydrogen) atoms. The van der Waals surface area contributed by atoms with Gasteiger partial charge in [0, 0.05) is 13.1 Å². The number of methoxy groups -OCH3 is 1. The number of rotatable bonds is 9. The summed E-state index contributed by atoms with van der Waals surface area (Å²) in [5, 5.41) is 24.9. The highest BCUT2D eigenvalue weighted by molar-refractivity contribution is 5.65. The first-order valence-corrected chi connectivity index (χ1v) is 8.13. The van der Waals surface area contributed by atoms with E-state index in [1.165, 1.54) is 0 Å². The highest BCUT2D eigenvalue weighted by Crippen LogP contribution is 2.11. The monoisotopic (exact) mass is 344 g/mol. The van der Waals surface area contributed by atoms with E-state index >= 15 is 0 Å². The predicted octanol–water partition coefficient (Wildman–Crippen LogP) is 2.02. The molecule has 134 valence electrons. The van der Waals surface area contributed by atoms with Crippen molar-refractivity contribution in [3.05, 3.63) is 65.7 Å². The van der Waals surface area contributed by atoms with E-state index in [9.17, 15) is 9.90 Å². The highest BCUT2D eigenvalue weighted by atomic mass is 16.5. The van der Waals surface area contributed by atoms with Gasteiger partial charge in [0.15, 0.2) is 0 Å². The zero-order chi connectivity index (χ0) is 18.1. The highest BCUT2D eigenvalue weighted by Gasteiger charge is 2.21. The second-order valence-corrected chi connectivity index (χ2v) is 5.79. The number of ether oxygens (including phenoxy) is 1. The molecule has 2 aromatic rings. The van der Waals surface area contributed by atoms with Gasteiger partial charge in [-0.05, 0) is 29.7 Å². The fraction of sp³-hybridized carbons (Fsp3) is 0.316. The van der Waals surface area contributed by atoms with E-state index < -0.39 is 18.2 Å². The van der Waals surface area contributed by atoms with Crippen molar-refractivity contribution in [1.82, 2.24) is 10.6 Å². The molecule has 0 fully saturated rings. The topological polar surface area (TPSA) is 90.8 Å². The number of carboxylic acid groups (broad SMARTS) is 1. The summed E-state index contributed by atoms with van der Waals surface area (Å²) < 4.78 is 5.11. The Morgan fingerprint density at radius 3 is 2.36 bits per heavy atom. The van der Waals surface area contributed by atoms with Crippen LogP contribution in [-0.4, -0.2) is 42.1 Å². The molecule has 0 aliphatic rings. The maximum atomic E-state index is 11.0. The van der Waals surface area contributed by atoms with E-state index in [0.29, 0.717) is 13.0 Å². The standard InChI is InChI=1S/C19H24N2O4/c1-25-16-9-7-15(8-10-16)12-20-13-18(22)17(21-19(23)24)11-14-5-3-2-4-6-14/h2-10,17-18,20-22H,11-13H2,1H3,(H,23,24)/t17-,18+/m0/s1. The van der Waals surface area contributed by atoms with Crippen LogP contribution in [0.2, 0.25) is 0 Å². The SMILES string of the molecule is COc1ccc(CNC[C@@H](O)[C@H](Cc2ccccc2)NC(=O)O)cc1. The number of hydrogen-bond donors (Lipinski definition) is 4. The fourth-order valence-corrected chi connectivity index (χ4v) is 2.56. The van der Waals surface area contributed by atoms with Crippen LogP contribution in [-0.2, 0) is 13.0 Å². The molecule has 0 spiro atoms. The minimum atomic E-state index is -1.14. The first-order chi connectivity index (χ1) is 12.1. The van der Waals surface area contributed by atoms with E-state index in [1.807, 2.05) is 54.6 Å². The van der Waals surface area contributed by atoms with Gasteiger partial charge in [-0.25, -0.2) is 4.79 Å². The lowest BCUT2D eigenvalue weighted by Crippen LogP contribution is -2.48. The van der Waals surface area contributed by atoms with Gasteiger partial charge in [0.25, 0.3) is 0 Å². The van der Waals surface area contributed by atoms with Crippen molar-refractivity contribution >= 4 is 6.09 Å². The number of nitrogens with one attached hydrogen (secondary N) is 2. The van der Waals surface area contributed by atoms with E-state index in [-0.39, 0.29) is 6.54 Å². The van der Waals surface area contributed by atoms with Gasteiger partial charge >= 0.3 is 6.09 Å². The third-order valence-corrected chi connectivity index (χ3v) is 3.91. The molecule has 0 aliphatic heterocycles. The van der Waals surface area contributed by atoms with Crippen molar-refractivity contribution in [3.63, 3.8) is 0 Å². The molecule has 6 nitrogen and oxygen atoms in total. The summed E-state index contributed by atoms with van der Waals surface area (Å²) in [6.07, 6.45) is -1.55. The molecule has 2 aromatic carbocycles. The lowest BCUT2D eigenvalue weighted by molar-refractivity contribution is 0.117. The smallest absolute Gasteiger partial charge is 0.404 e. The molecule has 0 heterocycles. The third-order valence-electron chi connectivity index (χ3n) is 3.91. The minimum absolute atomic E-state index is 0.282. The van der Waals surface area contributed by atoms with Crippen molar-refractivity contribution in [3.8, 4) is 5.75 Å². The van der Waals surface area contributed by atoms with Crippen molar-refractivity contribution < 1.29 is 19.7 Å². The van der Waals surface area contributed by atoms with Gasteiger partial charge in [-0.2, -0.15) is 0 Å². The molecule has 0 aliphatic carbocycles. The molecule has 0 unspecified atom stereocenters. The fourth-order valence-electron chi connectivity index (χ4n) is 2.56. The number of aliphatic hydroxyl groups is 1. The van der Waals surface area contributed by atoms with Crippen LogP contribution in [0.15, 0.2) is 54.6 Å². The van der Waals surface area contributed by atoms with Crippen LogP contribution in [0.25, 0.3) is 0 Å². The maximum absolute atomic E-state index is 11.0. The average Bonchev–Trinajstić information content (AvgIpc) is 2.62. The average molecular weight is 344 g/mol. The molecule has 0 saturated carbocycles. The Balaban J connectivity index is 1.87. The summed E-state index contributed by atoms with van der Waals surface area (Å²) in [4.78, 5) is 11.0. The number of aliphatic hydroxyl groups excluding tert-OH is 1.